The number of nitrogens with one attached hydrogen (secondary N) is 2. The molecule has 2 aromatic heterocycles. The SMILES string of the molecule is Cc1nc(-c2cccc(NC(=O)c3ccnc(OCc4ccccc4)c3)c2)n[nH]1. The number of nitrogens with zero attached hydrogens (tertiary/aromatic N) is 3. The van der Waals surface area contributed by atoms with Gasteiger partial charge in [-0.3, -0.25) is 9.89 Å². The summed E-state index contributed by atoms with van der Waals surface area (Å²) in [6.07, 6.45) is 1.56. The Balaban J connectivity index is 1.45. The lowest BCUT2D eigenvalue weighted by atomic mass is 10.2. The largest absolute Gasteiger partial charge is 0.473 e. The molecule has 0 aliphatic carbocycles. The summed E-state index contributed by atoms with van der Waals surface area (Å²) in [7, 11) is 0. The summed E-state index contributed by atoms with van der Waals surface area (Å²) in [6, 6.07) is 20.4. The number of hydrogen-bond donors (Lipinski definition) is 2. The van der Waals surface area contributed by atoms with E-state index in [1.165, 1.54) is 0 Å². The zero-order valence-electron chi connectivity index (χ0n) is 15.8. The molecule has 0 aliphatic heterocycles. The number of benzene rings is 2. The summed E-state index contributed by atoms with van der Waals surface area (Å²) in [6.45, 7) is 2.22. The monoisotopic (exact) mass is 385 g/mol. The molecule has 2 heterocycles. The molecule has 4 rings (SSSR count). The highest BCUT2D eigenvalue weighted by molar-refractivity contribution is 6.04. The van der Waals surface area contributed by atoms with E-state index in [-0.39, 0.29) is 5.91 Å². The summed E-state index contributed by atoms with van der Waals surface area (Å²) >= 11 is 0. The third kappa shape index (κ3) is 4.65. The van der Waals surface area contributed by atoms with Crippen LogP contribution in [0.1, 0.15) is 21.7 Å². The van der Waals surface area contributed by atoms with Crippen molar-refractivity contribution in [2.45, 2.75) is 13.5 Å². The lowest BCUT2D eigenvalue weighted by Crippen LogP contribution is -2.12. The summed E-state index contributed by atoms with van der Waals surface area (Å²) < 4.78 is 5.70. The molecule has 0 unspecified atom stereocenters. The van der Waals surface area contributed by atoms with Gasteiger partial charge in [0.2, 0.25) is 5.88 Å². The molecule has 7 heteroatoms. The standard InChI is InChI=1S/C22H19N5O2/c1-15-24-21(27-26-15)17-8-5-9-19(12-17)25-22(28)18-10-11-23-20(13-18)29-14-16-6-3-2-4-7-16/h2-13H,14H2,1H3,(H,25,28)(H,24,26,27). The molecule has 0 saturated heterocycles. The van der Waals surface area contributed by atoms with Crippen molar-refractivity contribution < 1.29 is 9.53 Å². The third-order valence-electron chi connectivity index (χ3n) is 4.20. The van der Waals surface area contributed by atoms with Crippen LogP contribution in [-0.4, -0.2) is 26.1 Å². The Morgan fingerprint density at radius 2 is 1.93 bits per heavy atom. The van der Waals surface area contributed by atoms with E-state index in [1.807, 2.05) is 61.5 Å². The molecular formula is C22H19N5O2. The molecule has 0 fully saturated rings. The first kappa shape index (κ1) is 18.4. The van der Waals surface area contributed by atoms with Crippen LogP contribution in [0.25, 0.3) is 11.4 Å². The third-order valence-corrected chi connectivity index (χ3v) is 4.20. The van der Waals surface area contributed by atoms with Crippen LogP contribution in [-0.2, 0) is 6.61 Å². The van der Waals surface area contributed by atoms with Gasteiger partial charge in [-0.05, 0) is 30.7 Å². The Kier molecular flexibility index (Phi) is 5.29. The molecule has 29 heavy (non-hydrogen) atoms. The molecule has 7 nitrogen and oxygen atoms in total. The van der Waals surface area contributed by atoms with Gasteiger partial charge in [-0.2, -0.15) is 5.10 Å². The summed E-state index contributed by atoms with van der Waals surface area (Å²) in [5, 5.41) is 9.85. The number of aromatic amines is 1. The minimum atomic E-state index is -0.250. The molecule has 144 valence electrons. The predicted molar refractivity (Wildman–Crippen MR) is 110 cm³/mol. The quantitative estimate of drug-likeness (QED) is 0.523. The van der Waals surface area contributed by atoms with Gasteiger partial charge >= 0.3 is 0 Å². The number of pyridine rings is 1. The van der Waals surface area contributed by atoms with Gasteiger partial charge < -0.3 is 10.1 Å². The number of H-pyrrole nitrogens is 1. The number of aromatic nitrogens is 4. The first-order valence-electron chi connectivity index (χ1n) is 9.11. The summed E-state index contributed by atoms with van der Waals surface area (Å²) in [5.74, 6) is 1.46. The molecule has 2 aromatic carbocycles. The molecule has 2 N–H and O–H groups in total. The van der Waals surface area contributed by atoms with Gasteiger partial charge in [0.1, 0.15) is 12.4 Å². The van der Waals surface area contributed by atoms with Gasteiger partial charge in [0.05, 0.1) is 0 Å². The van der Waals surface area contributed by atoms with E-state index in [1.54, 1.807) is 18.3 Å². The van der Waals surface area contributed by atoms with Gasteiger partial charge in [0.15, 0.2) is 5.82 Å². The van der Waals surface area contributed by atoms with Gasteiger partial charge in [-0.15, -0.1) is 0 Å². The van der Waals surface area contributed by atoms with Gasteiger partial charge in [0, 0.05) is 29.1 Å². The fourth-order valence-electron chi connectivity index (χ4n) is 2.77. The zero-order chi connectivity index (χ0) is 20.1. The highest BCUT2D eigenvalue weighted by Gasteiger charge is 2.10. The number of aryl methyl sites for hydroxylation is 1. The van der Waals surface area contributed by atoms with Crippen LogP contribution in [0.15, 0.2) is 72.9 Å². The average molecular weight is 385 g/mol. The highest BCUT2D eigenvalue weighted by Crippen LogP contribution is 2.20. The fraction of sp³-hybridized carbons (Fsp3) is 0.0909. The average Bonchev–Trinajstić information content (AvgIpc) is 3.20. The second-order valence-electron chi connectivity index (χ2n) is 6.44. The van der Waals surface area contributed by atoms with Crippen molar-refractivity contribution in [3.8, 4) is 17.3 Å². The van der Waals surface area contributed by atoms with E-state index in [4.69, 9.17) is 4.74 Å². The first-order chi connectivity index (χ1) is 14.2. The van der Waals surface area contributed by atoms with E-state index >= 15 is 0 Å². The van der Waals surface area contributed by atoms with Gasteiger partial charge in [-0.25, -0.2) is 9.97 Å². The van der Waals surface area contributed by atoms with Crippen molar-refractivity contribution in [3.63, 3.8) is 0 Å². The molecule has 0 atom stereocenters. The molecule has 0 spiro atoms. The Morgan fingerprint density at radius 3 is 2.72 bits per heavy atom. The van der Waals surface area contributed by atoms with Crippen molar-refractivity contribution in [2.24, 2.45) is 0 Å². The zero-order valence-corrected chi connectivity index (χ0v) is 15.8. The Bertz CT molecular complexity index is 1120. The topological polar surface area (TPSA) is 92.8 Å². The molecule has 0 bridgehead atoms. The van der Waals surface area contributed by atoms with E-state index in [9.17, 15) is 4.79 Å². The van der Waals surface area contributed by atoms with Crippen molar-refractivity contribution in [1.29, 1.82) is 0 Å². The van der Waals surface area contributed by atoms with Crippen molar-refractivity contribution in [2.75, 3.05) is 5.32 Å². The van der Waals surface area contributed by atoms with Crippen LogP contribution in [0.5, 0.6) is 5.88 Å². The van der Waals surface area contributed by atoms with Crippen LogP contribution in [0.2, 0.25) is 0 Å². The molecule has 0 radical (unpaired) electrons. The van der Waals surface area contributed by atoms with Gasteiger partial charge in [0.25, 0.3) is 5.91 Å². The van der Waals surface area contributed by atoms with Crippen LogP contribution in [0, 0.1) is 6.92 Å². The van der Waals surface area contributed by atoms with Crippen molar-refractivity contribution in [3.05, 3.63) is 89.9 Å². The number of anilines is 1. The van der Waals surface area contributed by atoms with E-state index in [0.29, 0.717) is 29.6 Å². The summed E-state index contributed by atoms with van der Waals surface area (Å²) in [4.78, 5) is 21.2. The minimum Gasteiger partial charge on any atom is -0.473 e. The van der Waals surface area contributed by atoms with Crippen LogP contribution in [0.3, 0.4) is 0 Å². The molecule has 1 amide bonds. The fourth-order valence-corrected chi connectivity index (χ4v) is 2.77. The van der Waals surface area contributed by atoms with Crippen LogP contribution in [0.4, 0.5) is 5.69 Å². The molecule has 4 aromatic rings. The maximum Gasteiger partial charge on any atom is 0.255 e. The van der Waals surface area contributed by atoms with E-state index in [0.717, 1.165) is 17.0 Å². The van der Waals surface area contributed by atoms with E-state index < -0.39 is 0 Å². The summed E-state index contributed by atoms with van der Waals surface area (Å²) in [5.41, 5.74) is 2.96. The van der Waals surface area contributed by atoms with E-state index in [2.05, 4.69) is 25.5 Å². The molecule has 0 saturated carbocycles. The second kappa shape index (κ2) is 8.35. The molecule has 0 aliphatic rings. The van der Waals surface area contributed by atoms with Crippen molar-refractivity contribution in [1.82, 2.24) is 20.2 Å². The predicted octanol–water partition coefficient (Wildman–Crippen LogP) is 4.01. The maximum atomic E-state index is 12.7. The number of ether oxygens (including phenoxy) is 1. The number of amides is 1. The second-order valence-corrected chi connectivity index (χ2v) is 6.44. The Morgan fingerprint density at radius 1 is 1.07 bits per heavy atom. The number of hydrogen-bond acceptors (Lipinski definition) is 5. The smallest absolute Gasteiger partial charge is 0.255 e. The van der Waals surface area contributed by atoms with Crippen LogP contribution >= 0.6 is 0 Å². The lowest BCUT2D eigenvalue weighted by Gasteiger charge is -2.09. The number of carbonyl (C=O) groups excluding carboxylic acids is 1. The van der Waals surface area contributed by atoms with Gasteiger partial charge in [-0.1, -0.05) is 42.5 Å². The molecular weight excluding hydrogens is 366 g/mol. The maximum absolute atomic E-state index is 12.7. The Hall–Kier alpha value is -4.00. The Labute approximate surface area is 167 Å². The highest BCUT2D eigenvalue weighted by atomic mass is 16.5. The van der Waals surface area contributed by atoms with Crippen molar-refractivity contribution >= 4 is 11.6 Å². The van der Waals surface area contributed by atoms with Crippen LogP contribution < -0.4 is 10.1 Å². The normalized spacial score (nSPS) is 10.5. The number of rotatable bonds is 6. The minimum absolute atomic E-state index is 0.250. The first-order valence-corrected chi connectivity index (χ1v) is 9.11. The lowest BCUT2D eigenvalue weighted by molar-refractivity contribution is 0.102. The number of carbonyl (C=O) groups is 1.